The number of nitrogens with zero attached hydrogens (tertiary/aromatic N) is 1. The van der Waals surface area contributed by atoms with Crippen LogP contribution in [0, 0.1) is 0 Å². The predicted molar refractivity (Wildman–Crippen MR) is 64.4 cm³/mol. The molecule has 2 nitrogen and oxygen atoms in total. The van der Waals surface area contributed by atoms with Crippen LogP contribution in [-0.4, -0.2) is 4.98 Å². The van der Waals surface area contributed by atoms with E-state index in [1.54, 1.807) is 24.3 Å². The van der Waals surface area contributed by atoms with Crippen LogP contribution in [0.2, 0.25) is 0 Å². The van der Waals surface area contributed by atoms with Gasteiger partial charge >= 0.3 is 6.18 Å². The lowest BCUT2D eigenvalue weighted by Crippen LogP contribution is -2.06. The van der Waals surface area contributed by atoms with Gasteiger partial charge in [0.25, 0.3) is 0 Å². The lowest BCUT2D eigenvalue weighted by molar-refractivity contribution is -0.137. The molecule has 1 heterocycles. The van der Waals surface area contributed by atoms with Crippen molar-refractivity contribution in [3.63, 3.8) is 0 Å². The number of para-hydroxylation sites is 1. The second-order valence-electron chi connectivity index (χ2n) is 4.05. The van der Waals surface area contributed by atoms with E-state index in [-0.39, 0.29) is 5.56 Å². The molecule has 0 fully saturated rings. The lowest BCUT2D eigenvalue weighted by atomic mass is 9.98. The van der Waals surface area contributed by atoms with Crippen molar-refractivity contribution in [3.8, 4) is 11.1 Å². The van der Waals surface area contributed by atoms with Gasteiger partial charge in [0.1, 0.15) is 5.52 Å². The van der Waals surface area contributed by atoms with Crippen LogP contribution in [-0.2, 0) is 6.18 Å². The monoisotopic (exact) mass is 263 g/mol. The normalized spacial score (nSPS) is 11.9. The van der Waals surface area contributed by atoms with E-state index in [9.17, 15) is 13.2 Å². The van der Waals surface area contributed by atoms with Crippen molar-refractivity contribution >= 4 is 11.1 Å². The zero-order valence-corrected chi connectivity index (χ0v) is 9.61. The molecular weight excluding hydrogens is 255 g/mol. The van der Waals surface area contributed by atoms with Gasteiger partial charge in [-0.3, -0.25) is 0 Å². The van der Waals surface area contributed by atoms with Crippen LogP contribution < -0.4 is 0 Å². The van der Waals surface area contributed by atoms with Gasteiger partial charge in [-0.25, -0.2) is 4.98 Å². The molecule has 96 valence electrons. The summed E-state index contributed by atoms with van der Waals surface area (Å²) in [6, 6.07) is 10.4. The van der Waals surface area contributed by atoms with E-state index in [0.29, 0.717) is 16.7 Å². The van der Waals surface area contributed by atoms with E-state index in [4.69, 9.17) is 4.42 Å². The van der Waals surface area contributed by atoms with Crippen molar-refractivity contribution in [1.82, 2.24) is 4.98 Å². The Morgan fingerprint density at radius 3 is 2.42 bits per heavy atom. The quantitative estimate of drug-likeness (QED) is 0.645. The molecule has 0 aliphatic rings. The lowest BCUT2D eigenvalue weighted by Gasteiger charge is -2.12. The predicted octanol–water partition coefficient (Wildman–Crippen LogP) is 4.51. The summed E-state index contributed by atoms with van der Waals surface area (Å²) in [4.78, 5) is 3.98. The Labute approximate surface area is 106 Å². The molecule has 1 aromatic heterocycles. The molecule has 0 bridgehead atoms. The van der Waals surface area contributed by atoms with E-state index in [1.807, 2.05) is 0 Å². The zero-order valence-electron chi connectivity index (χ0n) is 9.61. The Kier molecular flexibility index (Phi) is 2.55. The fraction of sp³-hybridized carbons (Fsp3) is 0.0714. The third-order valence-electron chi connectivity index (χ3n) is 2.88. The Hall–Kier alpha value is -2.30. The summed E-state index contributed by atoms with van der Waals surface area (Å²) < 4.78 is 44.2. The number of benzene rings is 2. The van der Waals surface area contributed by atoms with Gasteiger partial charge in [-0.1, -0.05) is 30.3 Å². The minimum atomic E-state index is -4.40. The summed E-state index contributed by atoms with van der Waals surface area (Å²) in [5.74, 6) is 0. The van der Waals surface area contributed by atoms with Gasteiger partial charge in [-0.05, 0) is 17.7 Å². The summed E-state index contributed by atoms with van der Waals surface area (Å²) >= 11 is 0. The van der Waals surface area contributed by atoms with Gasteiger partial charge in [0, 0.05) is 5.56 Å². The number of hydrogen-bond acceptors (Lipinski definition) is 2. The molecule has 0 atom stereocenters. The summed E-state index contributed by atoms with van der Waals surface area (Å²) in [7, 11) is 0. The summed E-state index contributed by atoms with van der Waals surface area (Å²) in [5, 5.41) is 0. The highest BCUT2D eigenvalue weighted by atomic mass is 19.4. The average molecular weight is 263 g/mol. The number of oxazole rings is 1. The highest BCUT2D eigenvalue weighted by molar-refractivity contribution is 5.91. The van der Waals surface area contributed by atoms with E-state index in [1.165, 1.54) is 18.5 Å². The van der Waals surface area contributed by atoms with Crippen molar-refractivity contribution in [3.05, 3.63) is 54.4 Å². The second-order valence-corrected chi connectivity index (χ2v) is 4.05. The van der Waals surface area contributed by atoms with Crippen molar-refractivity contribution in [2.24, 2.45) is 0 Å². The fourth-order valence-electron chi connectivity index (χ4n) is 2.07. The minimum Gasteiger partial charge on any atom is -0.443 e. The first-order valence-electron chi connectivity index (χ1n) is 5.56. The number of alkyl halides is 3. The topological polar surface area (TPSA) is 26.0 Å². The van der Waals surface area contributed by atoms with Crippen molar-refractivity contribution < 1.29 is 17.6 Å². The molecule has 3 aromatic rings. The molecule has 0 N–H and O–H groups in total. The Balaban J connectivity index is 2.31. The first kappa shape index (κ1) is 11.8. The molecule has 0 unspecified atom stereocenters. The molecule has 19 heavy (non-hydrogen) atoms. The van der Waals surface area contributed by atoms with E-state index >= 15 is 0 Å². The number of aromatic nitrogens is 1. The van der Waals surface area contributed by atoms with Crippen LogP contribution in [0.4, 0.5) is 13.2 Å². The van der Waals surface area contributed by atoms with Gasteiger partial charge in [-0.15, -0.1) is 0 Å². The Morgan fingerprint density at radius 1 is 0.895 bits per heavy atom. The largest absolute Gasteiger partial charge is 0.443 e. The molecule has 0 saturated carbocycles. The summed E-state index contributed by atoms with van der Waals surface area (Å²) in [6.07, 6.45) is -3.17. The van der Waals surface area contributed by atoms with Crippen molar-refractivity contribution in [2.45, 2.75) is 6.18 Å². The highest BCUT2D eigenvalue weighted by Crippen LogP contribution is 2.38. The van der Waals surface area contributed by atoms with Crippen LogP contribution in [0.3, 0.4) is 0 Å². The first-order valence-corrected chi connectivity index (χ1v) is 5.56. The molecule has 0 aliphatic carbocycles. The van der Waals surface area contributed by atoms with Gasteiger partial charge in [0.2, 0.25) is 0 Å². The van der Waals surface area contributed by atoms with Crippen LogP contribution in [0.5, 0.6) is 0 Å². The number of rotatable bonds is 1. The molecule has 0 radical (unpaired) electrons. The van der Waals surface area contributed by atoms with Crippen LogP contribution in [0.15, 0.2) is 53.3 Å². The fourth-order valence-corrected chi connectivity index (χ4v) is 2.07. The van der Waals surface area contributed by atoms with E-state index in [2.05, 4.69) is 4.98 Å². The van der Waals surface area contributed by atoms with Crippen molar-refractivity contribution in [1.29, 1.82) is 0 Å². The SMILES string of the molecule is FC(F)(F)c1ccccc1-c1cccc2ocnc12. The molecule has 0 amide bonds. The third-order valence-corrected chi connectivity index (χ3v) is 2.88. The average Bonchev–Trinajstić information content (AvgIpc) is 2.85. The molecule has 0 saturated heterocycles. The Bertz CT molecular complexity index is 731. The maximum atomic E-state index is 13.0. The number of hydrogen-bond donors (Lipinski definition) is 0. The third kappa shape index (κ3) is 1.97. The summed E-state index contributed by atoms with van der Waals surface area (Å²) in [6.45, 7) is 0. The second kappa shape index (κ2) is 4.12. The van der Waals surface area contributed by atoms with Gasteiger partial charge in [0.15, 0.2) is 12.0 Å². The molecular formula is C14H8F3NO. The zero-order chi connectivity index (χ0) is 13.5. The van der Waals surface area contributed by atoms with Gasteiger partial charge in [0.05, 0.1) is 5.56 Å². The highest BCUT2D eigenvalue weighted by Gasteiger charge is 2.33. The van der Waals surface area contributed by atoms with Gasteiger partial charge < -0.3 is 4.42 Å². The van der Waals surface area contributed by atoms with Crippen molar-refractivity contribution in [2.75, 3.05) is 0 Å². The smallest absolute Gasteiger partial charge is 0.417 e. The summed E-state index contributed by atoms with van der Waals surface area (Å²) in [5.41, 5.74) is 0.743. The molecule has 3 rings (SSSR count). The minimum absolute atomic E-state index is 0.106. The van der Waals surface area contributed by atoms with Gasteiger partial charge in [-0.2, -0.15) is 13.2 Å². The number of halogens is 3. The van der Waals surface area contributed by atoms with Crippen LogP contribution >= 0.6 is 0 Å². The van der Waals surface area contributed by atoms with Crippen LogP contribution in [0.1, 0.15) is 5.56 Å². The maximum Gasteiger partial charge on any atom is 0.417 e. The molecule has 5 heteroatoms. The van der Waals surface area contributed by atoms with Crippen LogP contribution in [0.25, 0.3) is 22.2 Å². The van der Waals surface area contributed by atoms with E-state index < -0.39 is 11.7 Å². The molecule has 0 aliphatic heterocycles. The number of fused-ring (bicyclic) bond motifs is 1. The first-order chi connectivity index (χ1) is 9.07. The maximum absolute atomic E-state index is 13.0. The Morgan fingerprint density at radius 2 is 1.63 bits per heavy atom. The molecule has 2 aromatic carbocycles. The van der Waals surface area contributed by atoms with E-state index in [0.717, 1.165) is 6.07 Å². The molecule has 0 spiro atoms. The standard InChI is InChI=1S/C14H8F3NO/c15-14(16,17)11-6-2-1-4-9(11)10-5-3-7-12-13(10)18-8-19-12/h1-8H.